The number of hydrogen-bond donors (Lipinski definition) is 1. The van der Waals surface area contributed by atoms with Crippen LogP contribution in [0.2, 0.25) is 0 Å². The van der Waals surface area contributed by atoms with E-state index in [0.717, 1.165) is 48.7 Å². The van der Waals surface area contributed by atoms with Crippen molar-refractivity contribution in [2.45, 2.75) is 57.7 Å². The molecule has 30 heavy (non-hydrogen) atoms. The van der Waals surface area contributed by atoms with Gasteiger partial charge in [0.1, 0.15) is 12.9 Å². The van der Waals surface area contributed by atoms with E-state index < -0.39 is 0 Å². The maximum Gasteiger partial charge on any atom is 0.333 e. The Morgan fingerprint density at radius 1 is 1.33 bits per heavy atom. The predicted octanol–water partition coefficient (Wildman–Crippen LogP) is 1.20. The average molecular weight is 430 g/mol. The van der Waals surface area contributed by atoms with Gasteiger partial charge in [-0.1, -0.05) is 11.3 Å². The molecule has 2 aromatic rings. The highest BCUT2D eigenvalue weighted by Gasteiger charge is 2.52. The predicted molar refractivity (Wildman–Crippen MR) is 106 cm³/mol. The third-order valence-corrected chi connectivity index (χ3v) is 7.34. The van der Waals surface area contributed by atoms with E-state index >= 15 is 0 Å². The number of aromatic nitrogens is 5. The summed E-state index contributed by atoms with van der Waals surface area (Å²) < 4.78 is 6.57. The van der Waals surface area contributed by atoms with Gasteiger partial charge < -0.3 is 15.0 Å². The second-order valence-electron chi connectivity index (χ2n) is 8.27. The van der Waals surface area contributed by atoms with Crippen molar-refractivity contribution < 1.29 is 14.3 Å². The minimum atomic E-state index is -0.356. The molecule has 1 aliphatic carbocycles. The summed E-state index contributed by atoms with van der Waals surface area (Å²) in [6, 6.07) is 0.478. The molecule has 0 aromatic carbocycles. The van der Waals surface area contributed by atoms with Gasteiger partial charge in [-0.05, 0) is 49.5 Å². The van der Waals surface area contributed by atoms with Gasteiger partial charge in [0.2, 0.25) is 11.0 Å². The monoisotopic (exact) mass is 429 g/mol. The molecule has 1 atom stereocenters. The van der Waals surface area contributed by atoms with Crippen LogP contribution < -0.4 is 5.32 Å². The number of tetrazole rings is 1. The molecule has 3 aliphatic rings. The Bertz CT molecular complexity index is 978. The number of carbonyl (C=O) groups is 2. The molecule has 10 nitrogen and oxygen atoms in total. The fourth-order valence-electron chi connectivity index (χ4n) is 4.89. The molecule has 158 valence electrons. The van der Waals surface area contributed by atoms with Gasteiger partial charge >= 0.3 is 5.97 Å². The fraction of sp³-hybridized carbons (Fsp3) is 0.579. The van der Waals surface area contributed by atoms with Crippen LogP contribution in [0.3, 0.4) is 0 Å². The van der Waals surface area contributed by atoms with E-state index in [9.17, 15) is 9.59 Å². The van der Waals surface area contributed by atoms with Crippen LogP contribution in [0.1, 0.15) is 43.9 Å². The van der Waals surface area contributed by atoms with Gasteiger partial charge in [-0.2, -0.15) is 4.68 Å². The number of esters is 1. The number of thiazole rings is 1. The van der Waals surface area contributed by atoms with Gasteiger partial charge in [-0.25, -0.2) is 9.78 Å². The lowest BCUT2D eigenvalue weighted by atomic mass is 9.70. The van der Waals surface area contributed by atoms with Crippen LogP contribution in [-0.2, 0) is 20.9 Å². The minimum absolute atomic E-state index is 0.102. The smallest absolute Gasteiger partial charge is 0.333 e. The number of ether oxygens (including phenoxy) is 1. The summed E-state index contributed by atoms with van der Waals surface area (Å²) in [5.41, 5.74) is 0.403. The highest BCUT2D eigenvalue weighted by atomic mass is 32.1. The van der Waals surface area contributed by atoms with Crippen LogP contribution in [0.5, 0.6) is 0 Å². The number of nitrogens with one attached hydrogen (secondary N) is 1. The Labute approximate surface area is 177 Å². The molecule has 1 spiro atoms. The van der Waals surface area contributed by atoms with Crippen LogP contribution >= 0.6 is 11.3 Å². The van der Waals surface area contributed by atoms with Crippen molar-refractivity contribution in [2.24, 2.45) is 5.41 Å². The van der Waals surface area contributed by atoms with Crippen molar-refractivity contribution >= 4 is 23.2 Å². The van der Waals surface area contributed by atoms with Gasteiger partial charge in [0.05, 0.1) is 11.1 Å². The summed E-state index contributed by atoms with van der Waals surface area (Å²) in [5.74, 6) is -0.197. The van der Waals surface area contributed by atoms with Gasteiger partial charge in [0.15, 0.2) is 0 Å². The third-order valence-electron chi connectivity index (χ3n) is 6.35. The number of hydrogen-bond acceptors (Lipinski definition) is 9. The second kappa shape index (κ2) is 7.55. The average Bonchev–Trinajstić information content (AvgIpc) is 3.51. The molecule has 5 rings (SSSR count). The van der Waals surface area contributed by atoms with Crippen molar-refractivity contribution in [3.05, 3.63) is 29.2 Å². The molecule has 0 radical (unpaired) electrons. The quantitative estimate of drug-likeness (QED) is 0.705. The third kappa shape index (κ3) is 3.41. The summed E-state index contributed by atoms with van der Waals surface area (Å²) in [7, 11) is 0. The first kappa shape index (κ1) is 19.3. The molecule has 1 saturated carbocycles. The van der Waals surface area contributed by atoms with E-state index in [1.165, 1.54) is 12.4 Å². The van der Waals surface area contributed by atoms with E-state index in [1.807, 2.05) is 6.20 Å². The zero-order valence-electron chi connectivity index (χ0n) is 16.7. The lowest BCUT2D eigenvalue weighted by Gasteiger charge is -2.36. The number of carbonyl (C=O) groups excluding carboxylic acids is 2. The maximum absolute atomic E-state index is 13.3. The molecule has 4 heterocycles. The summed E-state index contributed by atoms with van der Waals surface area (Å²) >= 11 is 1.55. The van der Waals surface area contributed by atoms with Gasteiger partial charge in [0.25, 0.3) is 0 Å². The topological polar surface area (TPSA) is 115 Å². The number of amides is 1. The molecular weight excluding hydrogens is 406 g/mol. The van der Waals surface area contributed by atoms with E-state index in [0.29, 0.717) is 11.7 Å². The Balaban J connectivity index is 1.17. The normalized spacial score (nSPS) is 29.0. The van der Waals surface area contributed by atoms with Gasteiger partial charge in [-0.3, -0.25) is 4.79 Å². The highest BCUT2D eigenvalue weighted by molar-refractivity contribution is 7.14. The van der Waals surface area contributed by atoms with Gasteiger partial charge in [-0.15, -0.1) is 5.10 Å². The zero-order valence-corrected chi connectivity index (χ0v) is 17.5. The van der Waals surface area contributed by atoms with E-state index in [1.54, 1.807) is 20.9 Å². The highest BCUT2D eigenvalue weighted by Crippen LogP contribution is 2.48. The van der Waals surface area contributed by atoms with Crippen molar-refractivity contribution in [3.8, 4) is 5.13 Å². The van der Waals surface area contributed by atoms with Gasteiger partial charge in [0, 0.05) is 35.8 Å². The maximum atomic E-state index is 13.3. The Morgan fingerprint density at radius 3 is 2.87 bits per heavy atom. The van der Waals surface area contributed by atoms with Crippen LogP contribution in [0.25, 0.3) is 5.13 Å². The summed E-state index contributed by atoms with van der Waals surface area (Å²) in [6.45, 7) is 3.00. The Morgan fingerprint density at radius 2 is 2.17 bits per heavy atom. The van der Waals surface area contributed by atoms with E-state index in [-0.39, 0.29) is 29.9 Å². The summed E-state index contributed by atoms with van der Waals surface area (Å²) in [4.78, 5) is 32.0. The Kier molecular flexibility index (Phi) is 4.86. The van der Waals surface area contributed by atoms with E-state index in [2.05, 4.69) is 32.7 Å². The van der Waals surface area contributed by atoms with Crippen LogP contribution in [0, 0.1) is 5.41 Å². The number of nitrogens with zero attached hydrogens (tertiary/aromatic N) is 6. The van der Waals surface area contributed by atoms with Crippen LogP contribution in [0.4, 0.5) is 0 Å². The minimum Gasteiger partial charge on any atom is -0.456 e. The first-order valence-corrected chi connectivity index (χ1v) is 11.0. The molecule has 2 fully saturated rings. The first-order chi connectivity index (χ1) is 14.5. The summed E-state index contributed by atoms with van der Waals surface area (Å²) in [6.07, 6.45) is 9.32. The molecule has 1 N–H and O–H groups in total. The number of likely N-dealkylation sites (tertiary alicyclic amines) is 1. The Hall–Kier alpha value is -2.66. The summed E-state index contributed by atoms with van der Waals surface area (Å²) in [5, 5.41) is 15.5. The number of cyclic esters (lactones) is 1. The lowest BCUT2D eigenvalue weighted by molar-refractivity contribution is -0.138. The van der Waals surface area contributed by atoms with E-state index in [4.69, 9.17) is 4.74 Å². The molecule has 2 aliphatic heterocycles. The van der Waals surface area contributed by atoms with Crippen molar-refractivity contribution in [3.63, 3.8) is 0 Å². The zero-order chi connectivity index (χ0) is 20.7. The molecule has 1 saturated heterocycles. The SMILES string of the molecule is C[C@@H]1C[C@]2(CC[C@@H](NCc3cnc(-n4cnnn4)s3)CC2)C(=O)N1C1=CC(=O)OC1. The lowest BCUT2D eigenvalue weighted by Crippen LogP contribution is -2.42. The second-order valence-corrected chi connectivity index (χ2v) is 9.36. The first-order valence-electron chi connectivity index (χ1n) is 10.2. The molecule has 0 bridgehead atoms. The molecule has 11 heteroatoms. The van der Waals surface area contributed by atoms with Crippen molar-refractivity contribution in [2.75, 3.05) is 6.61 Å². The van der Waals surface area contributed by atoms with Crippen molar-refractivity contribution in [1.29, 1.82) is 0 Å². The largest absolute Gasteiger partial charge is 0.456 e. The molecular formula is C19H23N7O3S. The number of rotatable bonds is 5. The molecule has 0 unspecified atom stereocenters. The fourth-order valence-corrected chi connectivity index (χ4v) is 5.67. The molecule has 1 amide bonds. The molecule has 2 aromatic heterocycles. The van der Waals surface area contributed by atoms with Crippen LogP contribution in [-0.4, -0.2) is 60.7 Å². The van der Waals surface area contributed by atoms with Crippen molar-refractivity contribution in [1.82, 2.24) is 35.4 Å². The van der Waals surface area contributed by atoms with Crippen LogP contribution in [0.15, 0.2) is 24.3 Å². The standard InChI is InChI=1S/C19H23N7O3S/c1-12-7-19(17(28)26(12)14-6-16(27)29-10-14)4-2-13(3-5-19)20-8-15-9-21-18(30-15)25-11-22-23-24-25/h6,9,11-13,20H,2-5,7-8,10H2,1H3/t12-,13-,19-/m1/s1.